The minimum Gasteiger partial charge on any atom is -0.487 e. The lowest BCUT2D eigenvalue weighted by Gasteiger charge is -2.32. The lowest BCUT2D eigenvalue weighted by atomic mass is 10.0. The average Bonchev–Trinajstić information content (AvgIpc) is 3.11. The van der Waals surface area contributed by atoms with Gasteiger partial charge in [0.05, 0.1) is 0 Å². The van der Waals surface area contributed by atoms with Crippen molar-refractivity contribution in [1.29, 1.82) is 0 Å². The summed E-state index contributed by atoms with van der Waals surface area (Å²) >= 11 is 0. The topological polar surface area (TPSA) is 27.7 Å². The van der Waals surface area contributed by atoms with E-state index in [0.717, 1.165) is 37.8 Å². The van der Waals surface area contributed by atoms with Gasteiger partial charge in [-0.25, -0.2) is 0 Å². The summed E-state index contributed by atoms with van der Waals surface area (Å²) in [5.41, 5.74) is 2.70. The number of benzene rings is 1. The highest BCUT2D eigenvalue weighted by molar-refractivity contribution is 5.85. The van der Waals surface area contributed by atoms with Crippen LogP contribution >= 0.6 is 12.4 Å². The number of hydrogen-bond donors (Lipinski definition) is 1. The Morgan fingerprint density at radius 1 is 1.21 bits per heavy atom. The van der Waals surface area contributed by atoms with Crippen molar-refractivity contribution in [2.75, 3.05) is 39.3 Å². The Bertz CT molecular complexity index is 572. The second-order valence-corrected chi connectivity index (χ2v) is 7.91. The van der Waals surface area contributed by atoms with Crippen molar-refractivity contribution >= 4 is 12.4 Å². The Kier molecular flexibility index (Phi) is 5.40. The fourth-order valence-electron chi connectivity index (χ4n) is 4.35. The zero-order valence-corrected chi connectivity index (χ0v) is 15.7. The van der Waals surface area contributed by atoms with Gasteiger partial charge in [0.1, 0.15) is 11.4 Å². The first kappa shape index (κ1) is 18.0. The standard InChI is InChI=1S/C19H29N3O.ClH/c1-19(2)12-15-4-3-5-16(18(15)23-19)13-21-9-6-17(14-21)22-10-7-20-8-11-22;/h3-5,17,20H,6-14H2,1-2H3;1H. The monoisotopic (exact) mass is 351 g/mol. The fourth-order valence-corrected chi connectivity index (χ4v) is 4.35. The van der Waals surface area contributed by atoms with Crippen LogP contribution < -0.4 is 10.1 Å². The van der Waals surface area contributed by atoms with Gasteiger partial charge in [-0.15, -0.1) is 12.4 Å². The predicted molar refractivity (Wildman–Crippen MR) is 100 cm³/mol. The van der Waals surface area contributed by atoms with Crippen LogP contribution in [0.25, 0.3) is 0 Å². The molecule has 0 aromatic heterocycles. The number of halogens is 1. The van der Waals surface area contributed by atoms with E-state index in [4.69, 9.17) is 4.74 Å². The maximum absolute atomic E-state index is 6.23. The van der Waals surface area contributed by atoms with E-state index in [-0.39, 0.29) is 18.0 Å². The summed E-state index contributed by atoms with van der Waals surface area (Å²) in [5, 5.41) is 3.45. The Morgan fingerprint density at radius 3 is 2.79 bits per heavy atom. The Morgan fingerprint density at radius 2 is 2.00 bits per heavy atom. The third-order valence-electron chi connectivity index (χ3n) is 5.48. The largest absolute Gasteiger partial charge is 0.487 e. The number of ether oxygens (including phenoxy) is 1. The van der Waals surface area contributed by atoms with Gasteiger partial charge in [-0.1, -0.05) is 18.2 Å². The minimum absolute atomic E-state index is 0. The van der Waals surface area contributed by atoms with Crippen LogP contribution in [0.4, 0.5) is 0 Å². The molecule has 0 radical (unpaired) electrons. The number of piperazine rings is 1. The lowest BCUT2D eigenvalue weighted by Crippen LogP contribution is -2.49. The highest BCUT2D eigenvalue weighted by Crippen LogP contribution is 2.38. The molecule has 1 aromatic carbocycles. The van der Waals surface area contributed by atoms with Gasteiger partial charge >= 0.3 is 0 Å². The first-order valence-corrected chi connectivity index (χ1v) is 9.08. The van der Waals surface area contributed by atoms with Crippen molar-refractivity contribution in [3.05, 3.63) is 29.3 Å². The molecule has 0 spiro atoms. The van der Waals surface area contributed by atoms with Gasteiger partial charge in [0.2, 0.25) is 0 Å². The molecule has 0 amide bonds. The van der Waals surface area contributed by atoms with Crippen molar-refractivity contribution in [3.63, 3.8) is 0 Å². The average molecular weight is 352 g/mol. The first-order valence-electron chi connectivity index (χ1n) is 9.08. The van der Waals surface area contributed by atoms with Crippen LogP contribution in [0.2, 0.25) is 0 Å². The normalized spacial score (nSPS) is 26.7. The molecule has 0 bridgehead atoms. The van der Waals surface area contributed by atoms with Crippen LogP contribution in [0.1, 0.15) is 31.4 Å². The molecule has 1 unspecified atom stereocenters. The Hall–Kier alpha value is -0.810. The molecule has 4 nitrogen and oxygen atoms in total. The molecular formula is C19H30ClN3O. The SMILES string of the molecule is CC1(C)Cc2cccc(CN3CCC(N4CCNCC4)C3)c2O1.Cl. The highest BCUT2D eigenvalue weighted by atomic mass is 35.5. The van der Waals surface area contributed by atoms with E-state index in [9.17, 15) is 0 Å². The van der Waals surface area contributed by atoms with Crippen molar-refractivity contribution < 1.29 is 4.74 Å². The maximum atomic E-state index is 6.23. The third-order valence-corrected chi connectivity index (χ3v) is 5.48. The Balaban J connectivity index is 0.00000169. The zero-order valence-electron chi connectivity index (χ0n) is 14.9. The highest BCUT2D eigenvalue weighted by Gasteiger charge is 2.33. The molecule has 3 aliphatic heterocycles. The number of para-hydroxylation sites is 1. The van der Waals surface area contributed by atoms with Crippen LogP contribution in [0.3, 0.4) is 0 Å². The lowest BCUT2D eigenvalue weighted by molar-refractivity contribution is 0.135. The summed E-state index contributed by atoms with van der Waals surface area (Å²) in [6.07, 6.45) is 2.33. The van der Waals surface area contributed by atoms with E-state index in [1.807, 2.05) is 0 Å². The van der Waals surface area contributed by atoms with Gasteiger partial charge < -0.3 is 10.1 Å². The van der Waals surface area contributed by atoms with Gasteiger partial charge in [0.25, 0.3) is 0 Å². The van der Waals surface area contributed by atoms with Crippen LogP contribution in [-0.4, -0.2) is 60.7 Å². The quantitative estimate of drug-likeness (QED) is 0.904. The molecule has 3 aliphatic rings. The van der Waals surface area contributed by atoms with Gasteiger partial charge in [0, 0.05) is 63.8 Å². The van der Waals surface area contributed by atoms with Crippen molar-refractivity contribution in [2.45, 2.75) is 44.9 Å². The molecular weight excluding hydrogens is 322 g/mol. The summed E-state index contributed by atoms with van der Waals surface area (Å²) in [5.74, 6) is 1.16. The molecule has 0 saturated carbocycles. The van der Waals surface area contributed by atoms with Gasteiger partial charge in [0.15, 0.2) is 0 Å². The molecule has 1 N–H and O–H groups in total. The number of fused-ring (bicyclic) bond motifs is 1. The van der Waals surface area contributed by atoms with Gasteiger partial charge in [-0.05, 0) is 25.8 Å². The van der Waals surface area contributed by atoms with E-state index < -0.39 is 0 Å². The number of nitrogens with one attached hydrogen (secondary N) is 1. The molecule has 24 heavy (non-hydrogen) atoms. The van der Waals surface area contributed by atoms with Crippen molar-refractivity contribution in [1.82, 2.24) is 15.1 Å². The summed E-state index contributed by atoms with van der Waals surface area (Å²) in [6.45, 7) is 12.5. The van der Waals surface area contributed by atoms with Crippen LogP contribution in [0, 0.1) is 0 Å². The predicted octanol–water partition coefficient (Wildman–Crippen LogP) is 2.30. The maximum Gasteiger partial charge on any atom is 0.127 e. The molecule has 1 atom stereocenters. The summed E-state index contributed by atoms with van der Waals surface area (Å²) in [6, 6.07) is 7.41. The number of hydrogen-bond acceptors (Lipinski definition) is 4. The van der Waals surface area contributed by atoms with Gasteiger partial charge in [-0.3, -0.25) is 9.80 Å². The second kappa shape index (κ2) is 7.20. The summed E-state index contributed by atoms with van der Waals surface area (Å²) < 4.78 is 6.23. The van der Waals surface area contributed by atoms with Crippen LogP contribution in [0.15, 0.2) is 18.2 Å². The zero-order chi connectivity index (χ0) is 15.9. The minimum atomic E-state index is -0.0488. The first-order chi connectivity index (χ1) is 11.1. The van der Waals surface area contributed by atoms with E-state index in [2.05, 4.69) is 47.2 Å². The molecule has 3 heterocycles. The van der Waals surface area contributed by atoms with Crippen molar-refractivity contribution in [3.8, 4) is 5.75 Å². The molecule has 4 rings (SSSR count). The van der Waals surface area contributed by atoms with E-state index in [1.54, 1.807) is 0 Å². The van der Waals surface area contributed by atoms with Crippen LogP contribution in [0.5, 0.6) is 5.75 Å². The summed E-state index contributed by atoms with van der Waals surface area (Å²) in [4.78, 5) is 5.28. The number of rotatable bonds is 3. The molecule has 5 heteroatoms. The molecule has 2 fully saturated rings. The van der Waals surface area contributed by atoms with Gasteiger partial charge in [-0.2, -0.15) is 0 Å². The molecule has 134 valence electrons. The number of nitrogens with zero attached hydrogens (tertiary/aromatic N) is 2. The van der Waals surface area contributed by atoms with E-state index >= 15 is 0 Å². The Labute approximate surface area is 151 Å². The fraction of sp³-hybridized carbons (Fsp3) is 0.684. The third kappa shape index (κ3) is 3.72. The van der Waals surface area contributed by atoms with E-state index in [1.165, 1.54) is 43.7 Å². The second-order valence-electron chi connectivity index (χ2n) is 7.91. The van der Waals surface area contributed by atoms with Crippen molar-refractivity contribution in [2.24, 2.45) is 0 Å². The number of likely N-dealkylation sites (tertiary alicyclic amines) is 1. The van der Waals surface area contributed by atoms with Crippen LogP contribution in [-0.2, 0) is 13.0 Å². The molecule has 1 aromatic rings. The van der Waals surface area contributed by atoms with E-state index in [0.29, 0.717) is 0 Å². The molecule has 2 saturated heterocycles. The molecule has 0 aliphatic carbocycles. The summed E-state index contributed by atoms with van der Waals surface area (Å²) in [7, 11) is 0. The smallest absolute Gasteiger partial charge is 0.127 e.